The molecule has 0 radical (unpaired) electrons. The molecule has 0 unspecified atom stereocenters. The molecule has 3 heterocycles. The molecule has 0 aliphatic carbocycles. The molecule has 3 aromatic heterocycles. The first-order chi connectivity index (χ1) is 22.8. The van der Waals surface area contributed by atoms with E-state index in [4.69, 9.17) is 19.4 Å². The molecule has 0 N–H and O–H groups in total. The van der Waals surface area contributed by atoms with Crippen LogP contribution in [0.1, 0.15) is 0 Å². The van der Waals surface area contributed by atoms with E-state index in [1.165, 1.54) is 16.2 Å². The number of fused-ring (bicyclic) bond motifs is 3. The molecular weight excluding hydrogens is 564 g/mol. The molecule has 0 spiro atoms. The number of benzene rings is 7. The van der Waals surface area contributed by atoms with Gasteiger partial charge in [-0.15, -0.1) is 0 Å². The van der Waals surface area contributed by atoms with E-state index in [0.717, 1.165) is 60.6 Å². The van der Waals surface area contributed by atoms with E-state index in [1.807, 2.05) is 72.8 Å². The van der Waals surface area contributed by atoms with Gasteiger partial charge in [0.2, 0.25) is 5.95 Å². The second-order valence-electron chi connectivity index (χ2n) is 11.7. The first kappa shape index (κ1) is 25.0. The maximum absolute atomic E-state index is 6.48. The molecule has 5 heteroatoms. The van der Waals surface area contributed by atoms with Gasteiger partial charge in [-0.1, -0.05) is 121 Å². The van der Waals surface area contributed by atoms with Gasteiger partial charge in [-0.2, -0.15) is 9.97 Å². The van der Waals surface area contributed by atoms with Crippen LogP contribution in [0.4, 0.5) is 0 Å². The van der Waals surface area contributed by atoms with Crippen LogP contribution in [-0.2, 0) is 0 Å². The van der Waals surface area contributed by atoms with Crippen LogP contribution in [0, 0.1) is 0 Å². The molecule has 46 heavy (non-hydrogen) atoms. The van der Waals surface area contributed by atoms with Crippen molar-refractivity contribution >= 4 is 54.5 Å². The van der Waals surface area contributed by atoms with Gasteiger partial charge in [0, 0.05) is 38.2 Å². The maximum Gasteiger partial charge on any atom is 0.238 e. The average Bonchev–Trinajstić information content (AvgIpc) is 3.68. The Hall–Kier alpha value is -6.33. The highest BCUT2D eigenvalue weighted by Crippen LogP contribution is 2.43. The molecule has 0 fully saturated rings. The summed E-state index contributed by atoms with van der Waals surface area (Å²) >= 11 is 0. The molecule has 0 saturated carbocycles. The second kappa shape index (κ2) is 9.58. The summed E-state index contributed by atoms with van der Waals surface area (Å²) in [7, 11) is 0. The summed E-state index contributed by atoms with van der Waals surface area (Å²) in [5.41, 5.74) is 7.87. The Morgan fingerprint density at radius 2 is 1.11 bits per heavy atom. The molecule has 0 bridgehead atoms. The van der Waals surface area contributed by atoms with Crippen molar-refractivity contribution < 1.29 is 4.42 Å². The van der Waals surface area contributed by atoms with Gasteiger partial charge in [-0.25, -0.2) is 4.98 Å². The van der Waals surface area contributed by atoms with E-state index in [1.54, 1.807) is 0 Å². The normalized spacial score (nSPS) is 11.9. The molecule has 0 atom stereocenters. The van der Waals surface area contributed by atoms with Crippen LogP contribution in [-0.4, -0.2) is 19.5 Å². The second-order valence-corrected chi connectivity index (χ2v) is 11.7. The molecule has 0 amide bonds. The highest BCUT2D eigenvalue weighted by Gasteiger charge is 2.22. The third-order valence-electron chi connectivity index (χ3n) is 9.00. The summed E-state index contributed by atoms with van der Waals surface area (Å²) < 4.78 is 8.68. The SMILES string of the molecule is c1ccc(-c2nc(-c3ccccc3)nc(-n3c4cccc5ccc6cc(-c7cccc8c7oc7ccccc78)cc3c6c54)n2)cc1. The Morgan fingerprint density at radius 3 is 1.89 bits per heavy atom. The van der Waals surface area contributed by atoms with Crippen molar-refractivity contribution in [3.8, 4) is 39.9 Å². The van der Waals surface area contributed by atoms with Gasteiger partial charge in [0.15, 0.2) is 11.6 Å². The minimum absolute atomic E-state index is 0.580. The van der Waals surface area contributed by atoms with E-state index < -0.39 is 0 Å². The summed E-state index contributed by atoms with van der Waals surface area (Å²) in [6.07, 6.45) is 0. The van der Waals surface area contributed by atoms with Crippen molar-refractivity contribution in [2.24, 2.45) is 0 Å². The fraction of sp³-hybridized carbons (Fsp3) is 0. The van der Waals surface area contributed by atoms with Crippen LogP contribution in [0.25, 0.3) is 94.4 Å². The number of hydrogen-bond donors (Lipinski definition) is 0. The first-order valence-corrected chi connectivity index (χ1v) is 15.4. The van der Waals surface area contributed by atoms with Gasteiger partial charge >= 0.3 is 0 Å². The van der Waals surface area contributed by atoms with Crippen LogP contribution in [0.15, 0.2) is 150 Å². The standard InChI is InChI=1S/C41H24N4O/c1-3-11-26(12-4-1)39-42-40(27-13-5-2-6-14-27)44-41(43-39)45-33-19-9-15-25-21-22-28-23-29(24-34(45)37(28)36(25)33)30-17-10-18-32-31-16-7-8-20-35(31)46-38(30)32/h1-24H. The van der Waals surface area contributed by atoms with Crippen molar-refractivity contribution in [2.45, 2.75) is 0 Å². The zero-order chi connectivity index (χ0) is 30.2. The minimum atomic E-state index is 0.580. The Balaban J connectivity index is 1.31. The summed E-state index contributed by atoms with van der Waals surface area (Å²) in [4.78, 5) is 15.2. The summed E-state index contributed by atoms with van der Waals surface area (Å²) in [5.74, 6) is 1.84. The smallest absolute Gasteiger partial charge is 0.238 e. The first-order valence-electron chi connectivity index (χ1n) is 15.4. The van der Waals surface area contributed by atoms with Crippen LogP contribution >= 0.6 is 0 Å². The zero-order valence-electron chi connectivity index (χ0n) is 24.6. The number of para-hydroxylation sites is 2. The number of aromatic nitrogens is 4. The largest absolute Gasteiger partial charge is 0.455 e. The van der Waals surface area contributed by atoms with Gasteiger partial charge in [0.25, 0.3) is 0 Å². The molecule has 5 nitrogen and oxygen atoms in total. The minimum Gasteiger partial charge on any atom is -0.455 e. The van der Waals surface area contributed by atoms with Gasteiger partial charge in [0.05, 0.1) is 11.0 Å². The lowest BCUT2D eigenvalue weighted by atomic mass is 9.96. The molecule has 10 aromatic rings. The van der Waals surface area contributed by atoms with Crippen molar-refractivity contribution in [3.63, 3.8) is 0 Å². The molecule has 214 valence electrons. The third kappa shape index (κ3) is 3.66. The number of rotatable bonds is 4. The number of hydrogen-bond acceptors (Lipinski definition) is 4. The van der Waals surface area contributed by atoms with E-state index in [9.17, 15) is 0 Å². The van der Waals surface area contributed by atoms with Crippen molar-refractivity contribution in [1.29, 1.82) is 0 Å². The van der Waals surface area contributed by atoms with E-state index in [2.05, 4.69) is 77.4 Å². The molecule has 10 rings (SSSR count). The molecule has 0 aliphatic rings. The molecule has 0 aliphatic heterocycles. The lowest BCUT2D eigenvalue weighted by molar-refractivity contribution is 0.670. The highest BCUT2D eigenvalue weighted by atomic mass is 16.3. The van der Waals surface area contributed by atoms with Crippen molar-refractivity contribution in [2.75, 3.05) is 0 Å². The van der Waals surface area contributed by atoms with Gasteiger partial charge in [-0.05, 0) is 40.6 Å². The van der Waals surface area contributed by atoms with Gasteiger partial charge in [0.1, 0.15) is 11.2 Å². The quantitative estimate of drug-likeness (QED) is 0.192. The molecule has 0 saturated heterocycles. The number of nitrogens with zero attached hydrogens (tertiary/aromatic N) is 4. The molecular formula is C41H24N4O. The van der Waals surface area contributed by atoms with Gasteiger partial charge < -0.3 is 4.42 Å². The van der Waals surface area contributed by atoms with Crippen LogP contribution in [0.3, 0.4) is 0 Å². The van der Waals surface area contributed by atoms with Crippen LogP contribution in [0.5, 0.6) is 0 Å². The Bertz CT molecular complexity index is 2690. The predicted molar refractivity (Wildman–Crippen MR) is 186 cm³/mol. The zero-order valence-corrected chi connectivity index (χ0v) is 24.6. The third-order valence-corrected chi connectivity index (χ3v) is 9.00. The monoisotopic (exact) mass is 588 g/mol. The van der Waals surface area contributed by atoms with E-state index in [0.29, 0.717) is 17.6 Å². The van der Waals surface area contributed by atoms with Gasteiger partial charge in [-0.3, -0.25) is 4.57 Å². The average molecular weight is 589 g/mol. The lowest BCUT2D eigenvalue weighted by Gasteiger charge is -2.11. The Morgan fingerprint density at radius 1 is 0.457 bits per heavy atom. The molecule has 7 aromatic carbocycles. The van der Waals surface area contributed by atoms with Crippen LogP contribution in [0.2, 0.25) is 0 Å². The summed E-state index contributed by atoms with van der Waals surface area (Å²) in [6, 6.07) is 50.3. The highest BCUT2D eigenvalue weighted by molar-refractivity contribution is 6.25. The van der Waals surface area contributed by atoms with Crippen LogP contribution < -0.4 is 0 Å². The van der Waals surface area contributed by atoms with E-state index in [-0.39, 0.29) is 0 Å². The fourth-order valence-corrected chi connectivity index (χ4v) is 6.94. The summed E-state index contributed by atoms with van der Waals surface area (Å²) in [6.45, 7) is 0. The van der Waals surface area contributed by atoms with Crippen molar-refractivity contribution in [1.82, 2.24) is 19.5 Å². The number of furan rings is 1. The predicted octanol–water partition coefficient (Wildman–Crippen LogP) is 10.5. The Kier molecular flexibility index (Phi) is 5.22. The fourth-order valence-electron chi connectivity index (χ4n) is 6.94. The summed E-state index contributed by atoms with van der Waals surface area (Å²) in [5, 5.41) is 6.96. The topological polar surface area (TPSA) is 56.7 Å². The van der Waals surface area contributed by atoms with Crippen molar-refractivity contribution in [3.05, 3.63) is 146 Å². The van der Waals surface area contributed by atoms with E-state index >= 15 is 0 Å². The lowest BCUT2D eigenvalue weighted by Crippen LogP contribution is -2.06. The Labute approximate surface area is 263 Å². The maximum atomic E-state index is 6.48.